The van der Waals surface area contributed by atoms with Crippen LogP contribution in [-0.2, 0) is 14.8 Å². The Labute approximate surface area is 185 Å². The van der Waals surface area contributed by atoms with Crippen LogP contribution in [0.4, 0.5) is 0 Å². The van der Waals surface area contributed by atoms with Gasteiger partial charge in [0, 0.05) is 57.9 Å². The maximum Gasteiger partial charge on any atom is 0.253 e. The summed E-state index contributed by atoms with van der Waals surface area (Å²) in [5.41, 5.74) is 0.491. The fourth-order valence-electron chi connectivity index (χ4n) is 4.18. The molecule has 2 aliphatic rings. The number of piperazine rings is 1. The highest BCUT2D eigenvalue weighted by atomic mass is 32.2. The van der Waals surface area contributed by atoms with E-state index in [-0.39, 0.29) is 16.7 Å². The fourth-order valence-corrected chi connectivity index (χ4v) is 5.70. The van der Waals surface area contributed by atoms with Crippen LogP contribution < -0.4 is 0 Å². The van der Waals surface area contributed by atoms with Gasteiger partial charge >= 0.3 is 0 Å². The quantitative estimate of drug-likeness (QED) is 0.629. The van der Waals surface area contributed by atoms with Crippen molar-refractivity contribution < 1.29 is 18.0 Å². The van der Waals surface area contributed by atoms with E-state index in [4.69, 9.17) is 0 Å². The number of benzene rings is 1. The van der Waals surface area contributed by atoms with Gasteiger partial charge in [-0.1, -0.05) is 6.42 Å². The topological polar surface area (TPSA) is 81.2 Å². The number of sulfonamides is 1. The Balaban J connectivity index is 1.56. The Morgan fingerprint density at radius 2 is 1.45 bits per heavy atom. The second-order valence-electron chi connectivity index (χ2n) is 8.12. The van der Waals surface area contributed by atoms with Gasteiger partial charge in [0.15, 0.2) is 0 Å². The molecule has 2 heterocycles. The molecule has 2 aliphatic heterocycles. The second-order valence-corrected chi connectivity index (χ2v) is 10.1. The Hall–Kier alpha value is -1.97. The molecule has 0 radical (unpaired) electrons. The summed E-state index contributed by atoms with van der Waals surface area (Å²) in [4.78, 5) is 31.1. The maximum atomic E-state index is 12.9. The van der Waals surface area contributed by atoms with Gasteiger partial charge in [-0.2, -0.15) is 4.31 Å². The first-order valence-electron chi connectivity index (χ1n) is 11.3. The molecular formula is C22H34N4O4S. The Morgan fingerprint density at radius 1 is 0.871 bits per heavy atom. The van der Waals surface area contributed by atoms with Gasteiger partial charge in [-0.25, -0.2) is 8.42 Å². The van der Waals surface area contributed by atoms with E-state index in [1.54, 1.807) is 17.0 Å². The molecule has 1 aromatic carbocycles. The van der Waals surface area contributed by atoms with Gasteiger partial charge in [-0.15, -0.1) is 0 Å². The highest BCUT2D eigenvalue weighted by Crippen LogP contribution is 2.21. The van der Waals surface area contributed by atoms with Gasteiger partial charge in [-0.05, 0) is 51.0 Å². The van der Waals surface area contributed by atoms with Crippen LogP contribution in [0.5, 0.6) is 0 Å². The Bertz CT molecular complexity index is 854. The molecule has 0 aromatic heterocycles. The number of amides is 2. The largest absolute Gasteiger partial charge is 0.342 e. The smallest absolute Gasteiger partial charge is 0.253 e. The van der Waals surface area contributed by atoms with E-state index in [9.17, 15) is 18.0 Å². The second kappa shape index (κ2) is 10.6. The molecule has 0 saturated carbocycles. The number of likely N-dealkylation sites (N-methyl/N-ethyl adjacent to an activating group) is 1. The molecule has 2 fully saturated rings. The molecule has 2 saturated heterocycles. The molecule has 9 heteroatoms. The average molecular weight is 451 g/mol. The predicted octanol–water partition coefficient (Wildman–Crippen LogP) is 1.49. The normalized spacial score (nSPS) is 18.7. The lowest BCUT2D eigenvalue weighted by Crippen LogP contribution is -2.51. The number of nitrogens with zero attached hydrogens (tertiary/aromatic N) is 4. The highest BCUT2D eigenvalue weighted by molar-refractivity contribution is 7.89. The molecule has 0 atom stereocenters. The van der Waals surface area contributed by atoms with Crippen molar-refractivity contribution in [1.29, 1.82) is 0 Å². The van der Waals surface area contributed by atoms with Crippen LogP contribution in [0.3, 0.4) is 0 Å². The lowest BCUT2D eigenvalue weighted by Gasteiger charge is -2.35. The summed E-state index contributed by atoms with van der Waals surface area (Å²) in [5, 5.41) is 0. The zero-order valence-corrected chi connectivity index (χ0v) is 19.4. The van der Waals surface area contributed by atoms with Crippen LogP contribution in [0.15, 0.2) is 29.2 Å². The molecule has 172 valence electrons. The van der Waals surface area contributed by atoms with Gasteiger partial charge in [0.05, 0.1) is 11.4 Å². The Morgan fingerprint density at radius 3 is 2.00 bits per heavy atom. The average Bonchev–Trinajstić information content (AvgIpc) is 2.80. The zero-order chi connectivity index (χ0) is 22.4. The van der Waals surface area contributed by atoms with Gasteiger partial charge in [0.25, 0.3) is 5.91 Å². The van der Waals surface area contributed by atoms with Crippen molar-refractivity contribution in [3.8, 4) is 0 Å². The van der Waals surface area contributed by atoms with Crippen LogP contribution >= 0.6 is 0 Å². The summed E-state index contributed by atoms with van der Waals surface area (Å²) in [6, 6.07) is 6.29. The van der Waals surface area contributed by atoms with Crippen LogP contribution in [0.2, 0.25) is 0 Å². The minimum atomic E-state index is -3.49. The van der Waals surface area contributed by atoms with E-state index in [2.05, 4.69) is 4.90 Å². The summed E-state index contributed by atoms with van der Waals surface area (Å²) in [7, 11) is -3.49. The van der Waals surface area contributed by atoms with Crippen molar-refractivity contribution in [1.82, 2.24) is 19.0 Å². The summed E-state index contributed by atoms with van der Waals surface area (Å²) in [6.07, 6.45) is 2.85. The number of carbonyl (C=O) groups excluding carboxylic acids is 2. The van der Waals surface area contributed by atoms with Gasteiger partial charge in [0.1, 0.15) is 0 Å². The third-order valence-corrected chi connectivity index (χ3v) is 8.10. The third-order valence-electron chi connectivity index (χ3n) is 6.19. The molecule has 2 amide bonds. The van der Waals surface area contributed by atoms with Crippen LogP contribution in [0.25, 0.3) is 0 Å². The van der Waals surface area contributed by atoms with E-state index in [0.717, 1.165) is 19.3 Å². The standard InChI is InChI=1S/C22H34N4O4S/c1-3-24(4-2)21(27)18-23-14-16-25(17-15-23)22(28)19-8-10-20(11-9-19)31(29,30)26-12-6-5-7-13-26/h8-11H,3-7,12-18H2,1-2H3. The summed E-state index contributed by atoms with van der Waals surface area (Å²) in [5.74, 6) is 0.0203. The van der Waals surface area contributed by atoms with Crippen molar-refractivity contribution in [2.75, 3.05) is 58.9 Å². The minimum Gasteiger partial charge on any atom is -0.342 e. The predicted molar refractivity (Wildman–Crippen MR) is 119 cm³/mol. The van der Waals surface area contributed by atoms with Crippen molar-refractivity contribution in [2.45, 2.75) is 38.0 Å². The van der Waals surface area contributed by atoms with Crippen molar-refractivity contribution >= 4 is 21.8 Å². The fraction of sp³-hybridized carbons (Fsp3) is 0.636. The SMILES string of the molecule is CCN(CC)C(=O)CN1CCN(C(=O)c2ccc(S(=O)(=O)N3CCCCC3)cc2)CC1. The lowest BCUT2D eigenvalue weighted by atomic mass is 10.2. The maximum absolute atomic E-state index is 12.9. The summed E-state index contributed by atoms with van der Waals surface area (Å²) >= 11 is 0. The first kappa shape index (κ1) is 23.7. The number of hydrogen-bond donors (Lipinski definition) is 0. The zero-order valence-electron chi connectivity index (χ0n) is 18.6. The highest BCUT2D eigenvalue weighted by Gasteiger charge is 2.27. The number of carbonyl (C=O) groups is 2. The van der Waals surface area contributed by atoms with Gasteiger partial charge in [-0.3, -0.25) is 14.5 Å². The number of hydrogen-bond acceptors (Lipinski definition) is 5. The van der Waals surface area contributed by atoms with Gasteiger partial charge < -0.3 is 9.80 Å². The lowest BCUT2D eigenvalue weighted by molar-refractivity contribution is -0.132. The van der Waals surface area contributed by atoms with Crippen LogP contribution in [0, 0.1) is 0 Å². The molecule has 0 unspecified atom stereocenters. The molecule has 3 rings (SSSR count). The molecule has 0 aliphatic carbocycles. The molecule has 0 N–H and O–H groups in total. The van der Waals surface area contributed by atoms with E-state index >= 15 is 0 Å². The first-order valence-corrected chi connectivity index (χ1v) is 12.7. The summed E-state index contributed by atoms with van der Waals surface area (Å²) < 4.78 is 27.1. The third kappa shape index (κ3) is 5.64. The molecule has 0 spiro atoms. The van der Waals surface area contributed by atoms with Crippen LogP contribution in [0.1, 0.15) is 43.5 Å². The molecule has 8 nitrogen and oxygen atoms in total. The Kier molecular flexibility index (Phi) is 8.07. The number of piperidine rings is 1. The van der Waals surface area contributed by atoms with Crippen LogP contribution in [-0.4, -0.2) is 98.1 Å². The van der Waals surface area contributed by atoms with E-state index in [0.29, 0.717) is 64.5 Å². The monoisotopic (exact) mass is 450 g/mol. The first-order chi connectivity index (χ1) is 14.9. The molecule has 1 aromatic rings. The molecular weight excluding hydrogens is 416 g/mol. The van der Waals surface area contributed by atoms with Crippen molar-refractivity contribution in [3.63, 3.8) is 0 Å². The van der Waals surface area contributed by atoms with E-state index in [1.165, 1.54) is 16.4 Å². The minimum absolute atomic E-state index is 0.100. The van der Waals surface area contributed by atoms with Crippen molar-refractivity contribution in [3.05, 3.63) is 29.8 Å². The van der Waals surface area contributed by atoms with Crippen molar-refractivity contribution in [2.24, 2.45) is 0 Å². The van der Waals surface area contributed by atoms with E-state index < -0.39 is 10.0 Å². The van der Waals surface area contributed by atoms with Gasteiger partial charge in [0.2, 0.25) is 15.9 Å². The number of rotatable bonds is 7. The molecule has 31 heavy (non-hydrogen) atoms. The summed E-state index contributed by atoms with van der Waals surface area (Å²) in [6.45, 7) is 9.27. The van der Waals surface area contributed by atoms with E-state index in [1.807, 2.05) is 18.7 Å². The molecule has 0 bridgehead atoms.